The number of benzene rings is 2. The lowest BCUT2D eigenvalue weighted by Gasteiger charge is -2.24. The Bertz CT molecular complexity index is 608. The van der Waals surface area contributed by atoms with Crippen LogP contribution in [0.5, 0.6) is 0 Å². The van der Waals surface area contributed by atoms with Crippen LogP contribution in [0, 0.1) is 12.7 Å². The van der Waals surface area contributed by atoms with Crippen LogP contribution in [-0.4, -0.2) is 13.1 Å². The lowest BCUT2D eigenvalue weighted by molar-refractivity contribution is 0.616. The van der Waals surface area contributed by atoms with Gasteiger partial charge in [-0.2, -0.15) is 0 Å². The Labute approximate surface area is 126 Å². The predicted molar refractivity (Wildman–Crippen MR) is 87.0 cm³/mol. The first-order valence-corrected chi connectivity index (χ1v) is 7.27. The van der Waals surface area contributed by atoms with E-state index in [1.165, 1.54) is 17.2 Å². The molecule has 0 aliphatic carbocycles. The van der Waals surface area contributed by atoms with E-state index in [1.807, 2.05) is 31.0 Å². The fraction of sp³-hybridized carbons (Fsp3) is 0.333. The fourth-order valence-corrected chi connectivity index (χ4v) is 2.66. The van der Waals surface area contributed by atoms with Crippen molar-refractivity contribution in [1.29, 1.82) is 0 Å². The minimum Gasteiger partial charge on any atom is -0.368 e. The van der Waals surface area contributed by atoms with Gasteiger partial charge in [0.2, 0.25) is 0 Å². The van der Waals surface area contributed by atoms with Crippen molar-refractivity contribution in [3.63, 3.8) is 0 Å². The number of nitrogens with two attached hydrogens (primary N) is 1. The average molecular weight is 286 g/mol. The van der Waals surface area contributed by atoms with Crippen LogP contribution < -0.4 is 10.6 Å². The molecular formula is C18H23FN2. The minimum atomic E-state index is -0.191. The van der Waals surface area contributed by atoms with E-state index in [0.717, 1.165) is 5.56 Å². The lowest BCUT2D eigenvalue weighted by atomic mass is 10.0. The van der Waals surface area contributed by atoms with E-state index in [0.29, 0.717) is 18.7 Å². The number of para-hydroxylation sites is 1. The SMILES string of the molecule is Cc1cccc(CN(C)c2c(F)cccc2CC(C)N)c1. The van der Waals surface area contributed by atoms with Gasteiger partial charge in [0.15, 0.2) is 0 Å². The number of halogens is 1. The van der Waals surface area contributed by atoms with Gasteiger partial charge in [-0.3, -0.25) is 0 Å². The van der Waals surface area contributed by atoms with Crippen LogP contribution in [0.3, 0.4) is 0 Å². The zero-order valence-electron chi connectivity index (χ0n) is 12.9. The molecule has 2 nitrogen and oxygen atoms in total. The summed E-state index contributed by atoms with van der Waals surface area (Å²) in [6.07, 6.45) is 0.672. The third-order valence-electron chi connectivity index (χ3n) is 3.50. The summed E-state index contributed by atoms with van der Waals surface area (Å²) in [5.41, 5.74) is 9.87. The van der Waals surface area contributed by atoms with Crippen molar-refractivity contribution < 1.29 is 4.39 Å². The Morgan fingerprint density at radius 1 is 1.19 bits per heavy atom. The van der Waals surface area contributed by atoms with Crippen LogP contribution in [0.4, 0.5) is 10.1 Å². The molecule has 0 fully saturated rings. The Morgan fingerprint density at radius 2 is 1.90 bits per heavy atom. The molecule has 2 rings (SSSR count). The maximum absolute atomic E-state index is 14.3. The van der Waals surface area contributed by atoms with Crippen molar-refractivity contribution >= 4 is 5.69 Å². The molecular weight excluding hydrogens is 263 g/mol. The van der Waals surface area contributed by atoms with Gasteiger partial charge < -0.3 is 10.6 Å². The van der Waals surface area contributed by atoms with E-state index >= 15 is 0 Å². The van der Waals surface area contributed by atoms with Crippen LogP contribution in [0.2, 0.25) is 0 Å². The second kappa shape index (κ2) is 6.72. The van der Waals surface area contributed by atoms with Crippen LogP contribution >= 0.6 is 0 Å². The van der Waals surface area contributed by atoms with E-state index in [9.17, 15) is 4.39 Å². The molecule has 112 valence electrons. The highest BCUT2D eigenvalue weighted by molar-refractivity contribution is 5.55. The van der Waals surface area contributed by atoms with Crippen molar-refractivity contribution in [2.75, 3.05) is 11.9 Å². The molecule has 2 N–H and O–H groups in total. The number of rotatable bonds is 5. The second-order valence-corrected chi connectivity index (χ2v) is 5.77. The molecule has 0 aromatic heterocycles. The maximum atomic E-state index is 14.3. The summed E-state index contributed by atoms with van der Waals surface area (Å²) in [4.78, 5) is 1.96. The van der Waals surface area contributed by atoms with Crippen molar-refractivity contribution in [3.05, 3.63) is 65.0 Å². The molecule has 0 spiro atoms. The Morgan fingerprint density at radius 3 is 2.57 bits per heavy atom. The number of hydrogen-bond donors (Lipinski definition) is 1. The first kappa shape index (κ1) is 15.5. The third kappa shape index (κ3) is 4.05. The van der Waals surface area contributed by atoms with Gasteiger partial charge in [-0.15, -0.1) is 0 Å². The summed E-state index contributed by atoms with van der Waals surface area (Å²) in [5, 5.41) is 0. The molecule has 0 radical (unpaired) electrons. The molecule has 2 aromatic carbocycles. The first-order chi connectivity index (χ1) is 9.97. The number of aryl methyl sites for hydroxylation is 1. The van der Waals surface area contributed by atoms with Gasteiger partial charge >= 0.3 is 0 Å². The summed E-state index contributed by atoms with van der Waals surface area (Å²) in [5.74, 6) is -0.191. The van der Waals surface area contributed by atoms with Crippen LogP contribution in [-0.2, 0) is 13.0 Å². The summed E-state index contributed by atoms with van der Waals surface area (Å²) < 4.78 is 14.3. The fourth-order valence-electron chi connectivity index (χ4n) is 2.66. The van der Waals surface area contributed by atoms with Gasteiger partial charge in [-0.1, -0.05) is 42.0 Å². The lowest BCUT2D eigenvalue weighted by Crippen LogP contribution is -2.23. The van der Waals surface area contributed by atoms with Crippen molar-refractivity contribution in [3.8, 4) is 0 Å². The van der Waals surface area contributed by atoms with E-state index in [2.05, 4.69) is 25.1 Å². The minimum absolute atomic E-state index is 0.0120. The maximum Gasteiger partial charge on any atom is 0.146 e. The van der Waals surface area contributed by atoms with Gasteiger partial charge in [0.05, 0.1) is 5.69 Å². The van der Waals surface area contributed by atoms with Crippen LogP contribution in [0.1, 0.15) is 23.6 Å². The number of hydrogen-bond acceptors (Lipinski definition) is 2. The summed E-state index contributed by atoms with van der Waals surface area (Å²) in [7, 11) is 1.92. The van der Waals surface area contributed by atoms with E-state index < -0.39 is 0 Å². The molecule has 0 heterocycles. The highest BCUT2D eigenvalue weighted by atomic mass is 19.1. The summed E-state index contributed by atoms with van der Waals surface area (Å²) in [6.45, 7) is 4.68. The highest BCUT2D eigenvalue weighted by Crippen LogP contribution is 2.26. The molecule has 0 saturated carbocycles. The standard InChI is InChI=1S/C18H23FN2/c1-13-6-4-7-15(10-13)12-21(3)18-16(11-14(2)20)8-5-9-17(18)19/h4-10,14H,11-12,20H2,1-3H3. The highest BCUT2D eigenvalue weighted by Gasteiger charge is 2.14. The molecule has 1 atom stereocenters. The van der Waals surface area contributed by atoms with Gasteiger partial charge in [-0.25, -0.2) is 4.39 Å². The molecule has 1 unspecified atom stereocenters. The van der Waals surface area contributed by atoms with E-state index in [4.69, 9.17) is 5.73 Å². The third-order valence-corrected chi connectivity index (χ3v) is 3.50. The Hall–Kier alpha value is -1.87. The van der Waals surface area contributed by atoms with Gasteiger partial charge in [0.25, 0.3) is 0 Å². The van der Waals surface area contributed by atoms with Crippen molar-refractivity contribution in [2.45, 2.75) is 32.9 Å². The molecule has 0 saturated heterocycles. The number of anilines is 1. The molecule has 21 heavy (non-hydrogen) atoms. The Balaban J connectivity index is 2.27. The quantitative estimate of drug-likeness (QED) is 0.909. The largest absolute Gasteiger partial charge is 0.368 e. The van der Waals surface area contributed by atoms with E-state index in [1.54, 1.807) is 6.07 Å². The topological polar surface area (TPSA) is 29.3 Å². The average Bonchev–Trinajstić information content (AvgIpc) is 2.37. The molecule has 0 bridgehead atoms. The zero-order valence-corrected chi connectivity index (χ0v) is 12.9. The molecule has 0 aliphatic heterocycles. The van der Waals surface area contributed by atoms with Crippen LogP contribution in [0.25, 0.3) is 0 Å². The normalized spacial score (nSPS) is 12.2. The monoisotopic (exact) mass is 286 g/mol. The van der Waals surface area contributed by atoms with Gasteiger partial charge in [-0.05, 0) is 37.5 Å². The van der Waals surface area contributed by atoms with Gasteiger partial charge in [0.1, 0.15) is 5.82 Å². The second-order valence-electron chi connectivity index (χ2n) is 5.77. The first-order valence-electron chi connectivity index (χ1n) is 7.27. The molecule has 0 amide bonds. The van der Waals surface area contributed by atoms with Crippen LogP contribution in [0.15, 0.2) is 42.5 Å². The smallest absolute Gasteiger partial charge is 0.146 e. The molecule has 3 heteroatoms. The Kier molecular flexibility index (Phi) is 4.97. The van der Waals surface area contributed by atoms with E-state index in [-0.39, 0.29) is 11.9 Å². The number of nitrogens with zero attached hydrogens (tertiary/aromatic N) is 1. The predicted octanol–water partition coefficient (Wildman–Crippen LogP) is 3.66. The summed E-state index contributed by atoms with van der Waals surface area (Å²) >= 11 is 0. The summed E-state index contributed by atoms with van der Waals surface area (Å²) in [6, 6.07) is 13.5. The van der Waals surface area contributed by atoms with Crippen molar-refractivity contribution in [1.82, 2.24) is 0 Å². The van der Waals surface area contributed by atoms with Crippen molar-refractivity contribution in [2.24, 2.45) is 5.73 Å². The zero-order chi connectivity index (χ0) is 15.4. The molecule has 2 aromatic rings. The van der Waals surface area contributed by atoms with Gasteiger partial charge in [0, 0.05) is 19.6 Å². The molecule has 0 aliphatic rings.